The zero-order chi connectivity index (χ0) is 29.1. The van der Waals surface area contributed by atoms with E-state index in [4.69, 9.17) is 21.1 Å². The van der Waals surface area contributed by atoms with Crippen LogP contribution in [0.4, 0.5) is 23.2 Å². The first-order chi connectivity index (χ1) is 19.5. The van der Waals surface area contributed by atoms with Crippen LogP contribution >= 0.6 is 11.6 Å². The Hall–Kier alpha value is -4.43. The molecule has 2 N–H and O–H groups in total. The first-order valence-electron chi connectivity index (χ1n) is 12.3. The van der Waals surface area contributed by atoms with Crippen molar-refractivity contribution in [3.8, 4) is 17.3 Å². The second-order valence-electron chi connectivity index (χ2n) is 9.46. The van der Waals surface area contributed by atoms with Crippen LogP contribution in [-0.4, -0.2) is 35.5 Å². The van der Waals surface area contributed by atoms with Crippen LogP contribution < -0.4 is 15.7 Å². The highest BCUT2D eigenvalue weighted by Gasteiger charge is 2.49. The molecule has 0 bridgehead atoms. The minimum Gasteiger partial charge on any atom is -0.452 e. The molecule has 212 valence electrons. The lowest BCUT2D eigenvalue weighted by molar-refractivity contribution is -0.143. The number of aromatic nitrogens is 6. The lowest BCUT2D eigenvalue weighted by Gasteiger charge is -2.13. The number of pyridine rings is 2. The first kappa shape index (κ1) is 26.8. The molecule has 1 saturated heterocycles. The highest BCUT2D eigenvalue weighted by atomic mass is 35.5. The maximum atomic E-state index is 15.1. The molecule has 5 aromatic rings. The van der Waals surface area contributed by atoms with Crippen LogP contribution in [-0.2, 0) is 10.9 Å². The number of epoxide rings is 1. The SMILES string of the molecule is CC(C)n1c(=O)[nH]c2nccc(Oc3ccc(NC4OC4c4cnn(-c5cc(Cl)ccn5)c4C(F)(F)F)cc3F)c21. The highest BCUT2D eigenvalue weighted by molar-refractivity contribution is 6.30. The van der Waals surface area contributed by atoms with E-state index in [9.17, 15) is 18.0 Å². The number of hydrogen-bond donors (Lipinski definition) is 2. The maximum absolute atomic E-state index is 15.1. The number of halogens is 5. The van der Waals surface area contributed by atoms with Crippen molar-refractivity contribution < 1.29 is 27.0 Å². The topological polar surface area (TPSA) is 115 Å². The molecule has 4 aromatic heterocycles. The molecule has 0 amide bonds. The van der Waals surface area contributed by atoms with Crippen molar-refractivity contribution in [2.24, 2.45) is 0 Å². The molecule has 1 fully saturated rings. The van der Waals surface area contributed by atoms with Gasteiger partial charge in [0.2, 0.25) is 0 Å². The number of H-pyrrole nitrogens is 1. The van der Waals surface area contributed by atoms with Gasteiger partial charge in [0.1, 0.15) is 11.6 Å². The van der Waals surface area contributed by atoms with E-state index in [1.54, 1.807) is 0 Å². The van der Waals surface area contributed by atoms with Crippen molar-refractivity contribution in [2.45, 2.75) is 38.4 Å². The molecule has 41 heavy (non-hydrogen) atoms. The van der Waals surface area contributed by atoms with E-state index in [0.29, 0.717) is 15.8 Å². The summed E-state index contributed by atoms with van der Waals surface area (Å²) in [5.74, 6) is -0.759. The number of alkyl halides is 3. The van der Waals surface area contributed by atoms with Gasteiger partial charge in [0.25, 0.3) is 0 Å². The van der Waals surface area contributed by atoms with E-state index < -0.39 is 30.0 Å². The summed E-state index contributed by atoms with van der Waals surface area (Å²) in [4.78, 5) is 23.0. The summed E-state index contributed by atoms with van der Waals surface area (Å²) in [5.41, 5.74) is -0.700. The fourth-order valence-corrected chi connectivity index (χ4v) is 4.70. The molecule has 0 spiro atoms. The van der Waals surface area contributed by atoms with Crippen molar-refractivity contribution in [2.75, 3.05) is 5.32 Å². The third kappa shape index (κ3) is 5.00. The standard InChI is InChI=1S/C26H20ClF4N7O3/c1-12(2)37-20-18(6-8-33-23(20)36-25(37)39)40-17-4-3-14(10-16(17)28)35-24-21(41-24)15-11-34-38(22(15)26(29,30)31)19-9-13(27)5-7-32-19/h3-12,21,24,35H,1-2H3,(H,33,36,39). The van der Waals surface area contributed by atoms with E-state index in [2.05, 4.69) is 25.4 Å². The number of ether oxygens (including phenoxy) is 2. The van der Waals surface area contributed by atoms with Crippen molar-refractivity contribution >= 4 is 28.5 Å². The van der Waals surface area contributed by atoms with Crippen LogP contribution in [0.3, 0.4) is 0 Å². The molecule has 2 atom stereocenters. The molecule has 5 heterocycles. The number of hydrogen-bond acceptors (Lipinski definition) is 7. The molecule has 6 rings (SSSR count). The van der Waals surface area contributed by atoms with Crippen LogP contribution in [0, 0.1) is 5.82 Å². The van der Waals surface area contributed by atoms with E-state index in [0.717, 1.165) is 12.3 Å². The van der Waals surface area contributed by atoms with E-state index in [1.165, 1.54) is 47.3 Å². The fourth-order valence-electron chi connectivity index (χ4n) is 4.55. The summed E-state index contributed by atoms with van der Waals surface area (Å²) in [6, 6.07) is 7.98. The van der Waals surface area contributed by atoms with Gasteiger partial charge in [-0.25, -0.2) is 23.8 Å². The molecule has 0 saturated carbocycles. The van der Waals surface area contributed by atoms with E-state index in [1.807, 2.05) is 13.8 Å². The summed E-state index contributed by atoms with van der Waals surface area (Å²) < 4.78 is 70.5. The Bertz CT molecular complexity index is 1830. The van der Waals surface area contributed by atoms with E-state index in [-0.39, 0.29) is 45.3 Å². The van der Waals surface area contributed by atoms with E-state index >= 15 is 4.39 Å². The quantitative estimate of drug-likeness (QED) is 0.177. The predicted molar refractivity (Wildman–Crippen MR) is 140 cm³/mol. The molecule has 1 aliphatic heterocycles. The number of nitrogens with zero attached hydrogens (tertiary/aromatic N) is 5. The van der Waals surface area contributed by atoms with Gasteiger partial charge in [-0.3, -0.25) is 9.55 Å². The number of fused-ring (bicyclic) bond motifs is 1. The molecule has 0 radical (unpaired) electrons. The Morgan fingerprint density at radius 3 is 2.61 bits per heavy atom. The third-order valence-corrected chi connectivity index (χ3v) is 6.57. The fraction of sp³-hybridized carbons (Fsp3) is 0.231. The van der Waals surface area contributed by atoms with Gasteiger partial charge in [0.05, 0.1) is 6.20 Å². The summed E-state index contributed by atoms with van der Waals surface area (Å²) in [6.07, 6.45) is -2.87. The predicted octanol–water partition coefficient (Wildman–Crippen LogP) is 6.00. The van der Waals surface area contributed by atoms with Crippen molar-refractivity contribution in [3.63, 3.8) is 0 Å². The average Bonchev–Trinajstić information content (AvgIpc) is 3.34. The smallest absolute Gasteiger partial charge is 0.433 e. The molecule has 1 aromatic carbocycles. The number of rotatable bonds is 7. The van der Waals surface area contributed by atoms with Gasteiger partial charge in [-0.1, -0.05) is 11.6 Å². The second-order valence-corrected chi connectivity index (χ2v) is 9.90. The van der Waals surface area contributed by atoms with Crippen molar-refractivity contribution in [3.05, 3.63) is 87.6 Å². The average molecular weight is 590 g/mol. The normalized spacial score (nSPS) is 16.9. The van der Waals surface area contributed by atoms with Crippen LogP contribution in [0.5, 0.6) is 11.5 Å². The molecular weight excluding hydrogens is 570 g/mol. The molecule has 1 aliphatic rings. The lowest BCUT2D eigenvalue weighted by Crippen LogP contribution is -2.18. The molecule has 0 aliphatic carbocycles. The zero-order valence-corrected chi connectivity index (χ0v) is 22.0. The summed E-state index contributed by atoms with van der Waals surface area (Å²) in [6.45, 7) is 3.63. The van der Waals surface area contributed by atoms with Crippen molar-refractivity contribution in [1.82, 2.24) is 29.3 Å². The van der Waals surface area contributed by atoms with Gasteiger partial charge in [0.15, 0.2) is 40.7 Å². The van der Waals surface area contributed by atoms with Gasteiger partial charge in [0, 0.05) is 52.9 Å². The van der Waals surface area contributed by atoms with Gasteiger partial charge >= 0.3 is 11.9 Å². The number of nitrogens with one attached hydrogen (secondary N) is 2. The van der Waals surface area contributed by atoms with Crippen LogP contribution in [0.1, 0.15) is 37.3 Å². The Morgan fingerprint density at radius 2 is 1.90 bits per heavy atom. The minimum atomic E-state index is -4.77. The first-order valence-corrected chi connectivity index (χ1v) is 12.6. The maximum Gasteiger partial charge on any atom is 0.433 e. The van der Waals surface area contributed by atoms with Crippen LogP contribution in [0.15, 0.2) is 59.8 Å². The van der Waals surface area contributed by atoms with Crippen LogP contribution in [0.2, 0.25) is 5.02 Å². The lowest BCUT2D eigenvalue weighted by atomic mass is 10.1. The summed E-state index contributed by atoms with van der Waals surface area (Å²) >= 11 is 5.92. The van der Waals surface area contributed by atoms with Gasteiger partial charge in [-0.15, -0.1) is 0 Å². The van der Waals surface area contributed by atoms with Crippen LogP contribution in [0.25, 0.3) is 17.0 Å². The third-order valence-electron chi connectivity index (χ3n) is 6.34. The van der Waals surface area contributed by atoms with Crippen molar-refractivity contribution in [1.29, 1.82) is 0 Å². The largest absolute Gasteiger partial charge is 0.452 e. The molecular formula is C26H20ClF4N7O3. The Balaban J connectivity index is 1.22. The highest BCUT2D eigenvalue weighted by Crippen LogP contribution is 2.45. The number of aromatic amines is 1. The monoisotopic (exact) mass is 589 g/mol. The molecule has 15 heteroatoms. The minimum absolute atomic E-state index is 0.101. The summed E-state index contributed by atoms with van der Waals surface area (Å²) in [5, 5.41) is 6.94. The number of anilines is 1. The molecule has 10 nitrogen and oxygen atoms in total. The summed E-state index contributed by atoms with van der Waals surface area (Å²) in [7, 11) is 0. The Morgan fingerprint density at radius 1 is 1.12 bits per heavy atom. The second kappa shape index (κ2) is 9.89. The Kier molecular flexibility index (Phi) is 6.46. The Labute approximate surface area is 233 Å². The van der Waals surface area contributed by atoms with Gasteiger partial charge < -0.3 is 14.8 Å². The molecule has 2 unspecified atom stereocenters. The van der Waals surface area contributed by atoms with Gasteiger partial charge in [-0.2, -0.15) is 18.3 Å². The zero-order valence-electron chi connectivity index (χ0n) is 21.3. The number of benzene rings is 1. The van der Waals surface area contributed by atoms with Gasteiger partial charge in [-0.05, 0) is 32.0 Å². The number of imidazole rings is 1.